The van der Waals surface area contributed by atoms with E-state index in [0.29, 0.717) is 37.9 Å². The predicted molar refractivity (Wildman–Crippen MR) is 255 cm³/mol. The Morgan fingerprint density at radius 2 is 1.75 bits per heavy atom. The van der Waals surface area contributed by atoms with E-state index < -0.39 is 90.7 Å². The fraction of sp³-hybridized carbons (Fsp3) is 0.683. The molecule has 0 bridgehead atoms. The van der Waals surface area contributed by atoms with Crippen LogP contribution in [0, 0.1) is 11.3 Å². The number of hydrogen-bond donors (Lipinski definition) is 10. The van der Waals surface area contributed by atoms with E-state index in [1.807, 2.05) is 18.2 Å². The molecule has 9 unspecified atom stereocenters. The van der Waals surface area contributed by atoms with Crippen molar-refractivity contribution in [1.29, 1.82) is 0 Å². The number of hydrogen-bond acceptors (Lipinski definition) is 20. The zero-order chi connectivity index (χ0) is 52.6. The normalized spacial score (nSPS) is 23.0. The maximum absolute atomic E-state index is 12.8. The Balaban J connectivity index is 1.10. The van der Waals surface area contributed by atoms with E-state index in [1.54, 1.807) is 0 Å². The summed E-state index contributed by atoms with van der Waals surface area (Å²) in [5, 5.41) is 36.8. The van der Waals surface area contributed by atoms with Gasteiger partial charge in [0.15, 0.2) is 28.6 Å². The lowest BCUT2D eigenvalue weighted by molar-refractivity contribution is -0.137. The second-order valence-corrected chi connectivity index (χ2v) is 23.0. The minimum absolute atomic E-state index is 0.0247. The number of phosphoric ester groups is 3. The van der Waals surface area contributed by atoms with Crippen molar-refractivity contribution in [3.8, 4) is 0 Å². The molecular formula is C41H66N7O19P3S. The van der Waals surface area contributed by atoms with Crippen molar-refractivity contribution < 1.29 is 90.4 Å². The number of ketones is 1. The van der Waals surface area contributed by atoms with Crippen molar-refractivity contribution >= 4 is 74.9 Å². The van der Waals surface area contributed by atoms with Gasteiger partial charge in [0.25, 0.3) is 0 Å². The van der Waals surface area contributed by atoms with E-state index in [2.05, 4.69) is 41.3 Å². The monoisotopic (exact) mass is 1090 g/mol. The number of fused-ring (bicyclic) bond motifs is 1. The van der Waals surface area contributed by atoms with Crippen LogP contribution in [0.25, 0.3) is 11.2 Å². The van der Waals surface area contributed by atoms with Crippen LogP contribution in [0.5, 0.6) is 0 Å². The molecule has 1 aliphatic carbocycles. The summed E-state index contributed by atoms with van der Waals surface area (Å²) in [5.41, 5.74) is 5.06. The number of ether oxygens (including phenoxy) is 1. The summed E-state index contributed by atoms with van der Waals surface area (Å²) in [6.07, 6.45) is 6.60. The van der Waals surface area contributed by atoms with Gasteiger partial charge < -0.3 is 56.0 Å². The molecular weight excluding hydrogens is 1020 g/mol. The molecule has 0 aromatic carbocycles. The number of nitrogens with zero attached hydrogens (tertiary/aromatic N) is 4. The van der Waals surface area contributed by atoms with Crippen LogP contribution < -0.4 is 16.4 Å². The number of nitrogens with two attached hydrogens (primary N) is 1. The van der Waals surface area contributed by atoms with Crippen molar-refractivity contribution in [2.75, 3.05) is 37.8 Å². The van der Waals surface area contributed by atoms with Gasteiger partial charge in [-0.1, -0.05) is 70.0 Å². The van der Waals surface area contributed by atoms with E-state index >= 15 is 0 Å². The van der Waals surface area contributed by atoms with Gasteiger partial charge in [0.2, 0.25) is 11.8 Å². The molecule has 2 amide bonds. The molecule has 3 heterocycles. The summed E-state index contributed by atoms with van der Waals surface area (Å²) in [6.45, 7) is 2.53. The highest BCUT2D eigenvalue weighted by Crippen LogP contribution is 2.61. The van der Waals surface area contributed by atoms with Gasteiger partial charge in [-0.2, -0.15) is 4.31 Å². The molecule has 0 radical (unpaired) electrons. The van der Waals surface area contributed by atoms with Crippen LogP contribution in [0.15, 0.2) is 36.5 Å². The van der Waals surface area contributed by atoms with Crippen LogP contribution in [0.3, 0.4) is 0 Å². The first-order valence-corrected chi connectivity index (χ1v) is 28.4. The molecule has 4 rings (SSSR count). The molecule has 26 nitrogen and oxygen atoms in total. The van der Waals surface area contributed by atoms with Crippen molar-refractivity contribution in [3.05, 3.63) is 36.5 Å². The second-order valence-electron chi connectivity index (χ2n) is 17.6. The number of carbonyl (C=O) groups is 4. The molecule has 1 saturated carbocycles. The standard InChI is InChI=1S/C41H66N7O19P3S/c1-4-5-8-12-27(49)15-16-28-26(14-17-29(28)50)11-9-6-7-10-13-32(52)71-21-20-43-31(51)18-19-44-39(55)36(54)41(2,3)23-64-70(61,62)67-69(59,60)63-22-30-35(66-68(56,57)58)34(53)40(65-30)48-25-47-33-37(42)45-24-46-38(33)48/h6,9,16,24-27,30,34-36,40,49,53-54H,4-5,7-8,10-15,17-23H2,1-3H3,(H,43,51)(H,44,55)(H,59,60)(H,61,62)(H2,42,45,46)(H2,56,57,58)/b9-6+,28-16+. The third kappa shape index (κ3) is 19.8. The summed E-state index contributed by atoms with van der Waals surface area (Å²) in [5.74, 6) is -0.873. The molecule has 0 spiro atoms. The smallest absolute Gasteiger partial charge is 0.393 e. The van der Waals surface area contributed by atoms with Gasteiger partial charge >= 0.3 is 23.5 Å². The number of thioether (sulfide) groups is 1. The van der Waals surface area contributed by atoms with Gasteiger partial charge in [0.05, 0.1) is 25.6 Å². The maximum Gasteiger partial charge on any atom is 0.481 e. The molecule has 71 heavy (non-hydrogen) atoms. The maximum atomic E-state index is 12.8. The van der Waals surface area contributed by atoms with Gasteiger partial charge in [-0.3, -0.25) is 37.3 Å². The summed E-state index contributed by atoms with van der Waals surface area (Å²) >= 11 is 1.08. The van der Waals surface area contributed by atoms with Crippen molar-refractivity contribution in [3.63, 3.8) is 0 Å². The number of amides is 2. The van der Waals surface area contributed by atoms with Crippen molar-refractivity contribution in [2.45, 2.75) is 135 Å². The first kappa shape index (κ1) is 60.2. The largest absolute Gasteiger partial charge is 0.481 e. The lowest BCUT2D eigenvalue weighted by Gasteiger charge is -2.30. The van der Waals surface area contributed by atoms with Crippen LogP contribution >= 0.6 is 35.2 Å². The topological polar surface area (TPSA) is 401 Å². The molecule has 9 atom stereocenters. The summed E-state index contributed by atoms with van der Waals surface area (Å²) in [6, 6.07) is 0. The zero-order valence-corrected chi connectivity index (χ0v) is 43.1. The molecule has 2 aliphatic rings. The number of imidazole rings is 1. The number of rotatable bonds is 31. The number of unbranched alkanes of at least 4 members (excludes halogenated alkanes) is 3. The Kier molecular flexibility index (Phi) is 23.6. The molecule has 11 N–H and O–H groups in total. The first-order chi connectivity index (χ1) is 33.3. The average molecular weight is 1090 g/mol. The van der Waals surface area contributed by atoms with E-state index in [-0.39, 0.29) is 53.3 Å². The van der Waals surface area contributed by atoms with Crippen LogP contribution in [0.2, 0.25) is 0 Å². The average Bonchev–Trinajstić information content (AvgIpc) is 3.97. The SMILES string of the molecule is CCCCCC(O)C/C=C1/C(=O)CCC1C/C=C/CCCC(=O)SCCNC(=O)CCNC(=O)C(O)C(C)(C)COP(=O)(O)OP(=O)(O)OCC1OC(n2cnc3c(N)ncnc32)C(O)C1OP(=O)(O)O. The third-order valence-corrected chi connectivity index (χ3v) is 15.4. The minimum Gasteiger partial charge on any atom is -0.393 e. The van der Waals surface area contributed by atoms with Gasteiger partial charge in [-0.25, -0.2) is 28.6 Å². The summed E-state index contributed by atoms with van der Waals surface area (Å²) < 4.78 is 62.5. The van der Waals surface area contributed by atoms with Crippen LogP contribution in [0.1, 0.15) is 104 Å². The number of aromatic nitrogens is 4. The van der Waals surface area contributed by atoms with E-state index in [0.717, 1.165) is 73.1 Å². The number of nitrogen functional groups attached to an aromatic ring is 1. The molecule has 400 valence electrons. The molecule has 1 aliphatic heterocycles. The Morgan fingerprint density at radius 3 is 2.46 bits per heavy atom. The number of allylic oxidation sites excluding steroid dienone is 3. The number of aliphatic hydroxyl groups excluding tert-OH is 3. The van der Waals surface area contributed by atoms with Gasteiger partial charge in [0.1, 0.15) is 36.3 Å². The molecule has 2 fully saturated rings. The van der Waals surface area contributed by atoms with E-state index in [1.165, 1.54) is 13.8 Å². The zero-order valence-electron chi connectivity index (χ0n) is 39.6. The Labute approximate surface area is 414 Å². The van der Waals surface area contributed by atoms with Crippen molar-refractivity contribution in [2.24, 2.45) is 11.3 Å². The Morgan fingerprint density at radius 1 is 1.01 bits per heavy atom. The second kappa shape index (κ2) is 27.8. The van der Waals surface area contributed by atoms with Crippen LogP contribution in [-0.4, -0.2) is 140 Å². The molecule has 2 aromatic heterocycles. The van der Waals surface area contributed by atoms with Gasteiger partial charge in [-0.15, -0.1) is 0 Å². The fourth-order valence-corrected chi connectivity index (χ4v) is 11.0. The number of nitrogens with one attached hydrogen (secondary N) is 2. The summed E-state index contributed by atoms with van der Waals surface area (Å²) in [4.78, 5) is 101. The van der Waals surface area contributed by atoms with Gasteiger partial charge in [-0.05, 0) is 50.0 Å². The van der Waals surface area contributed by atoms with Gasteiger partial charge in [0, 0.05) is 43.5 Å². The highest BCUT2D eigenvalue weighted by molar-refractivity contribution is 8.13. The predicted octanol–water partition coefficient (Wildman–Crippen LogP) is 3.02. The lowest BCUT2D eigenvalue weighted by atomic mass is 9.87. The van der Waals surface area contributed by atoms with Crippen molar-refractivity contribution in [1.82, 2.24) is 30.2 Å². The van der Waals surface area contributed by atoms with Crippen LogP contribution in [-0.2, 0) is 55.5 Å². The number of carbonyl (C=O) groups excluding carboxylic acids is 4. The third-order valence-electron chi connectivity index (χ3n) is 11.3. The quantitative estimate of drug-likeness (QED) is 0.0224. The minimum atomic E-state index is -5.59. The highest BCUT2D eigenvalue weighted by Gasteiger charge is 2.50. The fourth-order valence-electron chi connectivity index (χ4n) is 7.48. The number of aliphatic hydroxyl groups is 3. The molecule has 1 saturated heterocycles. The van der Waals surface area contributed by atoms with Crippen LogP contribution in [0.4, 0.5) is 5.82 Å². The van der Waals surface area contributed by atoms with E-state index in [4.69, 9.17) is 19.5 Å². The number of phosphoric acid groups is 3. The van der Waals surface area contributed by atoms with E-state index in [9.17, 15) is 67.8 Å². The Bertz CT molecular complexity index is 2330. The number of Topliss-reactive ketones (excluding diaryl/α,β-unsaturated/α-hetero) is 1. The first-order valence-electron chi connectivity index (χ1n) is 22.9. The lowest BCUT2D eigenvalue weighted by Crippen LogP contribution is -2.46. The summed E-state index contributed by atoms with van der Waals surface area (Å²) in [7, 11) is -16.5. The highest BCUT2D eigenvalue weighted by atomic mass is 32.2. The number of anilines is 1. The molecule has 2 aromatic rings. The Hall–Kier alpha value is -3.33. The molecule has 30 heteroatoms.